The fourth-order valence-electron chi connectivity index (χ4n) is 3.00. The molecule has 1 unspecified atom stereocenters. The maximum absolute atomic E-state index is 12.8. The molecule has 9 heteroatoms. The van der Waals surface area contributed by atoms with Crippen molar-refractivity contribution in [2.45, 2.75) is 12.5 Å². The number of nitrogens with zero attached hydrogens (tertiary/aromatic N) is 4. The number of thiazole rings is 1. The molecule has 1 aliphatic rings. The summed E-state index contributed by atoms with van der Waals surface area (Å²) in [6, 6.07) is 7.90. The first kappa shape index (κ1) is 17.7. The molecule has 0 saturated heterocycles. The maximum atomic E-state index is 12.8. The van der Waals surface area contributed by atoms with Gasteiger partial charge in [-0.25, -0.2) is 19.2 Å². The SMILES string of the molecule is C=S1(=O)C[C@@](C)(c2ncc(-c3cccc(-c4ncco4)c3)s2)N=C(N)N1C. The molecule has 2 N–H and O–H groups in total. The van der Waals surface area contributed by atoms with E-state index >= 15 is 0 Å². The van der Waals surface area contributed by atoms with Gasteiger partial charge in [0.1, 0.15) is 16.8 Å². The van der Waals surface area contributed by atoms with Crippen molar-refractivity contribution in [1.82, 2.24) is 14.3 Å². The van der Waals surface area contributed by atoms with E-state index in [4.69, 9.17) is 10.2 Å². The molecule has 0 radical (unpaired) electrons. The lowest BCUT2D eigenvalue weighted by molar-refractivity contribution is 0.511. The highest BCUT2D eigenvalue weighted by Crippen LogP contribution is 2.38. The quantitative estimate of drug-likeness (QED) is 0.680. The standard InChI is InChI=1S/C18H19N5O2S2/c1-18(11-27(3,24)23(2)17(19)22-18)16-21-10-14(26-16)12-5-4-6-13(9-12)15-20-7-8-25-15/h4-10H,3,11H2,1-2H3,(H2,19,22)/t18-,27?/m0/s1. The first-order valence-electron chi connectivity index (χ1n) is 8.19. The molecule has 1 aliphatic heterocycles. The third-order valence-corrected chi connectivity index (χ3v) is 7.98. The highest BCUT2D eigenvalue weighted by Gasteiger charge is 2.39. The number of rotatable bonds is 3. The van der Waals surface area contributed by atoms with Crippen molar-refractivity contribution in [3.63, 3.8) is 0 Å². The predicted octanol–water partition coefficient (Wildman–Crippen LogP) is 2.57. The zero-order valence-electron chi connectivity index (χ0n) is 15.0. The second-order valence-electron chi connectivity index (χ2n) is 6.61. The Morgan fingerprint density at radius 1 is 1.37 bits per heavy atom. The molecular weight excluding hydrogens is 382 g/mol. The number of hydrogen-bond donors (Lipinski definition) is 1. The highest BCUT2D eigenvalue weighted by molar-refractivity contribution is 7.98. The maximum Gasteiger partial charge on any atom is 0.225 e. The summed E-state index contributed by atoms with van der Waals surface area (Å²) >= 11 is 1.50. The van der Waals surface area contributed by atoms with Crippen molar-refractivity contribution in [1.29, 1.82) is 0 Å². The molecule has 7 nitrogen and oxygen atoms in total. The van der Waals surface area contributed by atoms with Crippen LogP contribution in [-0.2, 0) is 15.2 Å². The van der Waals surface area contributed by atoms with Crippen molar-refractivity contribution in [2.24, 2.45) is 10.7 Å². The van der Waals surface area contributed by atoms with Gasteiger partial charge in [0.2, 0.25) is 11.9 Å². The van der Waals surface area contributed by atoms with Crippen molar-refractivity contribution < 1.29 is 8.63 Å². The van der Waals surface area contributed by atoms with Crippen molar-refractivity contribution in [2.75, 3.05) is 12.8 Å². The average molecular weight is 402 g/mol. The van der Waals surface area contributed by atoms with Gasteiger partial charge in [-0.05, 0) is 30.5 Å². The molecule has 2 aromatic heterocycles. The topological polar surface area (TPSA) is 97.6 Å². The van der Waals surface area contributed by atoms with E-state index < -0.39 is 15.2 Å². The lowest BCUT2D eigenvalue weighted by Crippen LogP contribution is -2.50. The molecule has 0 aliphatic carbocycles. The molecule has 0 amide bonds. The van der Waals surface area contributed by atoms with Crippen LogP contribution in [-0.4, -0.2) is 43.1 Å². The van der Waals surface area contributed by atoms with Gasteiger partial charge >= 0.3 is 0 Å². The summed E-state index contributed by atoms with van der Waals surface area (Å²) in [5.74, 6) is 4.89. The lowest BCUT2D eigenvalue weighted by Gasteiger charge is -2.35. The van der Waals surface area contributed by atoms with Crippen molar-refractivity contribution in [3.8, 4) is 21.9 Å². The van der Waals surface area contributed by atoms with Crippen LogP contribution >= 0.6 is 11.3 Å². The minimum absolute atomic E-state index is 0.214. The van der Waals surface area contributed by atoms with Crippen LogP contribution in [0.2, 0.25) is 0 Å². The van der Waals surface area contributed by atoms with Gasteiger partial charge in [-0.2, -0.15) is 0 Å². The van der Waals surface area contributed by atoms with Gasteiger partial charge in [0.25, 0.3) is 0 Å². The zero-order valence-corrected chi connectivity index (χ0v) is 16.6. The molecular formula is C18H19N5O2S2. The molecule has 1 aromatic carbocycles. The van der Waals surface area contributed by atoms with Gasteiger partial charge in [-0.3, -0.25) is 4.31 Å². The van der Waals surface area contributed by atoms with E-state index in [9.17, 15) is 4.21 Å². The number of nitrogens with two attached hydrogens (primary N) is 1. The molecule has 0 saturated carbocycles. The minimum atomic E-state index is -2.53. The fourth-order valence-corrected chi connectivity index (χ4v) is 5.75. The van der Waals surface area contributed by atoms with Crippen LogP contribution in [0.15, 0.2) is 52.3 Å². The molecule has 0 spiro atoms. The Kier molecular flexibility index (Phi) is 4.08. The number of aliphatic imine (C=N–C) groups is 1. The number of hydrogen-bond acceptors (Lipinski definition) is 7. The molecule has 140 valence electrons. The molecule has 0 bridgehead atoms. The summed E-state index contributed by atoms with van der Waals surface area (Å²) in [5.41, 5.74) is 7.10. The highest BCUT2D eigenvalue weighted by atomic mass is 32.2. The van der Waals surface area contributed by atoms with E-state index in [1.807, 2.05) is 31.2 Å². The third-order valence-electron chi connectivity index (χ3n) is 4.48. The first-order chi connectivity index (χ1) is 12.8. The van der Waals surface area contributed by atoms with Crippen LogP contribution in [0.5, 0.6) is 0 Å². The Bertz CT molecular complexity index is 1120. The molecule has 3 aromatic rings. The molecule has 2 atom stereocenters. The largest absolute Gasteiger partial charge is 0.445 e. The van der Waals surface area contributed by atoms with Crippen molar-refractivity contribution >= 4 is 32.9 Å². The van der Waals surface area contributed by atoms with Gasteiger partial charge in [-0.1, -0.05) is 12.1 Å². The molecule has 4 rings (SSSR count). The Labute approximate surface area is 161 Å². The molecule has 3 heterocycles. The van der Waals surface area contributed by atoms with Crippen LogP contribution in [0.1, 0.15) is 11.9 Å². The molecule has 0 fully saturated rings. The van der Waals surface area contributed by atoms with Gasteiger partial charge < -0.3 is 10.2 Å². The van der Waals surface area contributed by atoms with Crippen LogP contribution in [0.4, 0.5) is 0 Å². The average Bonchev–Trinajstić information content (AvgIpc) is 3.31. The predicted molar refractivity (Wildman–Crippen MR) is 110 cm³/mol. The van der Waals surface area contributed by atoms with E-state index in [0.29, 0.717) is 5.89 Å². The third kappa shape index (κ3) is 3.13. The number of aromatic nitrogens is 2. The van der Waals surface area contributed by atoms with Gasteiger partial charge in [0.15, 0.2) is 0 Å². The summed E-state index contributed by atoms with van der Waals surface area (Å²) in [5, 5.41) is 0.756. The second-order valence-corrected chi connectivity index (χ2v) is 10.0. The lowest BCUT2D eigenvalue weighted by atomic mass is 10.1. The summed E-state index contributed by atoms with van der Waals surface area (Å²) in [4.78, 5) is 14.3. The normalized spacial score (nSPS) is 25.4. The number of oxazole rings is 1. The second kappa shape index (κ2) is 6.21. The van der Waals surface area contributed by atoms with E-state index in [1.165, 1.54) is 15.6 Å². The fraction of sp³-hybridized carbons (Fsp3) is 0.222. The zero-order chi connectivity index (χ0) is 19.2. The summed E-state index contributed by atoms with van der Waals surface area (Å²) in [6.45, 7) is 1.89. The van der Waals surface area contributed by atoms with E-state index in [2.05, 4.69) is 20.8 Å². The Morgan fingerprint density at radius 3 is 2.85 bits per heavy atom. The van der Waals surface area contributed by atoms with Gasteiger partial charge in [-0.15, -0.1) is 11.3 Å². The number of guanidine groups is 1. The Morgan fingerprint density at radius 2 is 2.15 bits per heavy atom. The van der Waals surface area contributed by atoms with Crippen LogP contribution in [0.3, 0.4) is 0 Å². The van der Waals surface area contributed by atoms with Crippen LogP contribution in [0.25, 0.3) is 21.9 Å². The Balaban J connectivity index is 1.72. The smallest absolute Gasteiger partial charge is 0.225 e. The van der Waals surface area contributed by atoms with Gasteiger partial charge in [0.05, 0.1) is 26.5 Å². The first-order valence-corrected chi connectivity index (χ1v) is 10.9. The van der Waals surface area contributed by atoms with Gasteiger partial charge in [0, 0.05) is 18.8 Å². The minimum Gasteiger partial charge on any atom is -0.445 e. The van der Waals surface area contributed by atoms with Crippen LogP contribution < -0.4 is 5.73 Å². The van der Waals surface area contributed by atoms with E-state index in [1.54, 1.807) is 25.7 Å². The monoisotopic (exact) mass is 401 g/mol. The summed E-state index contributed by atoms with van der Waals surface area (Å²) in [7, 11) is -0.887. The molecule has 27 heavy (non-hydrogen) atoms. The van der Waals surface area contributed by atoms with E-state index in [0.717, 1.165) is 21.0 Å². The summed E-state index contributed by atoms with van der Waals surface area (Å²) < 4.78 is 19.6. The number of benzene rings is 1. The summed E-state index contributed by atoms with van der Waals surface area (Å²) in [6.07, 6.45) is 4.97. The van der Waals surface area contributed by atoms with Crippen LogP contribution in [0, 0.1) is 0 Å². The van der Waals surface area contributed by atoms with E-state index in [-0.39, 0.29) is 11.7 Å². The van der Waals surface area contributed by atoms with Crippen molar-refractivity contribution in [3.05, 3.63) is 47.9 Å². The Hall–Kier alpha value is -2.65.